The van der Waals surface area contributed by atoms with Gasteiger partial charge in [0.05, 0.1) is 12.7 Å². The van der Waals surface area contributed by atoms with Gasteiger partial charge in [-0.25, -0.2) is 4.68 Å². The van der Waals surface area contributed by atoms with Crippen molar-refractivity contribution in [1.29, 1.82) is 0 Å². The Kier molecular flexibility index (Phi) is 4.55. The molecule has 1 aromatic carbocycles. The van der Waals surface area contributed by atoms with Crippen molar-refractivity contribution >= 4 is 11.9 Å². The second kappa shape index (κ2) is 6.38. The Labute approximate surface area is 128 Å². The second-order valence-electron chi connectivity index (χ2n) is 5.26. The lowest BCUT2D eigenvalue weighted by atomic mass is 9.99. The van der Waals surface area contributed by atoms with Crippen LogP contribution in [0.15, 0.2) is 18.3 Å². The number of rotatable bonds is 5. The third kappa shape index (κ3) is 3.69. The fourth-order valence-electron chi connectivity index (χ4n) is 2.43. The molecule has 2 N–H and O–H groups in total. The van der Waals surface area contributed by atoms with E-state index in [1.807, 2.05) is 32.9 Å². The third-order valence-corrected chi connectivity index (χ3v) is 3.22. The van der Waals surface area contributed by atoms with Crippen LogP contribution in [0, 0.1) is 20.8 Å². The average Bonchev–Trinajstić information content (AvgIpc) is 2.81. The van der Waals surface area contributed by atoms with Crippen LogP contribution in [-0.4, -0.2) is 32.0 Å². The highest BCUT2D eigenvalue weighted by Gasteiger charge is 2.13. The van der Waals surface area contributed by atoms with Gasteiger partial charge in [-0.15, -0.1) is 5.10 Å². The predicted molar refractivity (Wildman–Crippen MR) is 79.5 cm³/mol. The molecule has 1 aromatic heterocycles. The standard InChI is InChI=1S/C15H18N4O3/c1-9-4-10(2)14(11(3)5-9)15(22)16-6-12-7-19(18-17-12)8-13(20)21/h4-5,7H,6,8H2,1-3H3,(H,16,22)(H,20,21). The third-order valence-electron chi connectivity index (χ3n) is 3.22. The Bertz CT molecular complexity index is 698. The molecule has 0 aliphatic rings. The Hall–Kier alpha value is -2.70. The molecule has 0 aliphatic carbocycles. The maximum absolute atomic E-state index is 12.3. The smallest absolute Gasteiger partial charge is 0.325 e. The number of benzene rings is 1. The Morgan fingerprint density at radius 3 is 2.45 bits per heavy atom. The Morgan fingerprint density at radius 1 is 1.23 bits per heavy atom. The summed E-state index contributed by atoms with van der Waals surface area (Å²) in [6.45, 7) is 5.74. The van der Waals surface area contributed by atoms with E-state index >= 15 is 0 Å². The van der Waals surface area contributed by atoms with Crippen LogP contribution in [0.1, 0.15) is 32.7 Å². The number of nitrogens with zero attached hydrogens (tertiary/aromatic N) is 3. The van der Waals surface area contributed by atoms with Gasteiger partial charge in [-0.2, -0.15) is 0 Å². The average molecular weight is 302 g/mol. The molecule has 7 nitrogen and oxygen atoms in total. The summed E-state index contributed by atoms with van der Waals surface area (Å²) in [5.41, 5.74) is 4.12. The number of aromatic nitrogens is 3. The molecular weight excluding hydrogens is 284 g/mol. The van der Waals surface area contributed by atoms with E-state index in [4.69, 9.17) is 5.11 Å². The summed E-state index contributed by atoms with van der Waals surface area (Å²) in [6.07, 6.45) is 1.50. The van der Waals surface area contributed by atoms with Gasteiger partial charge in [-0.1, -0.05) is 22.9 Å². The van der Waals surface area contributed by atoms with E-state index in [-0.39, 0.29) is 19.0 Å². The number of aliphatic carboxylic acids is 1. The lowest BCUT2D eigenvalue weighted by molar-refractivity contribution is -0.137. The van der Waals surface area contributed by atoms with Crippen LogP contribution in [0.25, 0.3) is 0 Å². The number of nitrogens with one attached hydrogen (secondary N) is 1. The maximum Gasteiger partial charge on any atom is 0.325 e. The van der Waals surface area contributed by atoms with Gasteiger partial charge in [0.25, 0.3) is 5.91 Å². The normalized spacial score (nSPS) is 10.5. The zero-order valence-electron chi connectivity index (χ0n) is 12.8. The molecule has 0 saturated heterocycles. The van der Waals surface area contributed by atoms with Crippen LogP contribution >= 0.6 is 0 Å². The molecule has 0 saturated carbocycles. The monoisotopic (exact) mass is 302 g/mol. The Morgan fingerprint density at radius 2 is 1.86 bits per heavy atom. The first-order valence-corrected chi connectivity index (χ1v) is 6.83. The first kappa shape index (κ1) is 15.7. The molecule has 116 valence electrons. The summed E-state index contributed by atoms with van der Waals surface area (Å²) in [4.78, 5) is 22.9. The first-order chi connectivity index (χ1) is 10.4. The summed E-state index contributed by atoms with van der Waals surface area (Å²) < 4.78 is 1.21. The molecule has 0 radical (unpaired) electrons. The van der Waals surface area contributed by atoms with Gasteiger partial charge < -0.3 is 10.4 Å². The van der Waals surface area contributed by atoms with E-state index in [1.54, 1.807) is 0 Å². The molecule has 0 unspecified atom stereocenters. The summed E-state index contributed by atoms with van der Waals surface area (Å²) in [5.74, 6) is -1.17. The molecule has 0 spiro atoms. The number of carboxylic acids is 1. The van der Waals surface area contributed by atoms with Crippen LogP contribution in [-0.2, 0) is 17.9 Å². The van der Waals surface area contributed by atoms with E-state index in [9.17, 15) is 9.59 Å². The molecule has 0 fully saturated rings. The zero-order valence-corrected chi connectivity index (χ0v) is 12.8. The van der Waals surface area contributed by atoms with Crippen LogP contribution in [0.3, 0.4) is 0 Å². The van der Waals surface area contributed by atoms with Crippen molar-refractivity contribution in [3.05, 3.63) is 46.3 Å². The molecule has 1 heterocycles. The summed E-state index contributed by atoms with van der Waals surface area (Å²) >= 11 is 0. The fourth-order valence-corrected chi connectivity index (χ4v) is 2.43. The minimum Gasteiger partial charge on any atom is -0.480 e. The molecule has 0 bridgehead atoms. The lowest BCUT2D eigenvalue weighted by Crippen LogP contribution is -2.24. The van der Waals surface area contributed by atoms with Gasteiger partial charge in [-0.05, 0) is 31.9 Å². The zero-order chi connectivity index (χ0) is 16.3. The topological polar surface area (TPSA) is 97.1 Å². The van der Waals surface area contributed by atoms with Gasteiger partial charge in [-0.3, -0.25) is 9.59 Å². The number of aryl methyl sites for hydroxylation is 3. The van der Waals surface area contributed by atoms with Crippen molar-refractivity contribution < 1.29 is 14.7 Å². The molecule has 22 heavy (non-hydrogen) atoms. The van der Waals surface area contributed by atoms with Gasteiger partial charge in [0, 0.05) is 5.56 Å². The van der Waals surface area contributed by atoms with Gasteiger partial charge in [0.15, 0.2) is 0 Å². The minimum absolute atomic E-state index is 0.178. The van der Waals surface area contributed by atoms with Gasteiger partial charge in [0.2, 0.25) is 0 Å². The van der Waals surface area contributed by atoms with E-state index in [1.165, 1.54) is 10.9 Å². The molecule has 7 heteroatoms. The number of carbonyl (C=O) groups excluding carboxylic acids is 1. The van der Waals surface area contributed by atoms with Crippen molar-refractivity contribution in [2.75, 3.05) is 0 Å². The van der Waals surface area contributed by atoms with E-state index < -0.39 is 5.97 Å². The quantitative estimate of drug-likeness (QED) is 0.865. The number of carbonyl (C=O) groups is 2. The molecule has 2 rings (SSSR count). The summed E-state index contributed by atoms with van der Waals surface area (Å²) in [6, 6.07) is 3.93. The predicted octanol–water partition coefficient (Wildman–Crippen LogP) is 1.22. The van der Waals surface area contributed by atoms with Crippen LogP contribution in [0.2, 0.25) is 0 Å². The molecule has 1 amide bonds. The number of carboxylic acid groups (broad SMARTS) is 1. The van der Waals surface area contributed by atoms with Crippen LogP contribution in [0.5, 0.6) is 0 Å². The van der Waals surface area contributed by atoms with E-state index in [0.29, 0.717) is 11.3 Å². The lowest BCUT2D eigenvalue weighted by Gasteiger charge is -2.11. The highest BCUT2D eigenvalue weighted by atomic mass is 16.4. The van der Waals surface area contributed by atoms with E-state index in [0.717, 1.165) is 16.7 Å². The van der Waals surface area contributed by atoms with E-state index in [2.05, 4.69) is 15.6 Å². The van der Waals surface area contributed by atoms with Crippen LogP contribution in [0.4, 0.5) is 0 Å². The van der Waals surface area contributed by atoms with Crippen LogP contribution < -0.4 is 5.32 Å². The molecule has 2 aromatic rings. The maximum atomic E-state index is 12.3. The molecular formula is C15H18N4O3. The summed E-state index contributed by atoms with van der Waals surface area (Å²) in [5, 5.41) is 19.0. The minimum atomic E-state index is -0.994. The SMILES string of the molecule is Cc1cc(C)c(C(=O)NCc2cn(CC(=O)O)nn2)c(C)c1. The fraction of sp³-hybridized carbons (Fsp3) is 0.333. The van der Waals surface area contributed by atoms with Crippen molar-refractivity contribution in [1.82, 2.24) is 20.3 Å². The first-order valence-electron chi connectivity index (χ1n) is 6.83. The van der Waals surface area contributed by atoms with Crippen molar-refractivity contribution in [3.63, 3.8) is 0 Å². The largest absolute Gasteiger partial charge is 0.480 e. The van der Waals surface area contributed by atoms with Crippen molar-refractivity contribution in [2.24, 2.45) is 0 Å². The summed E-state index contributed by atoms with van der Waals surface area (Å²) in [7, 11) is 0. The van der Waals surface area contributed by atoms with Crippen molar-refractivity contribution in [2.45, 2.75) is 33.9 Å². The number of amides is 1. The molecule has 0 aliphatic heterocycles. The number of hydrogen-bond acceptors (Lipinski definition) is 4. The highest BCUT2D eigenvalue weighted by Crippen LogP contribution is 2.16. The van der Waals surface area contributed by atoms with Crippen molar-refractivity contribution in [3.8, 4) is 0 Å². The second-order valence-corrected chi connectivity index (χ2v) is 5.26. The van der Waals surface area contributed by atoms with Gasteiger partial charge >= 0.3 is 5.97 Å². The van der Waals surface area contributed by atoms with Gasteiger partial charge in [0.1, 0.15) is 12.2 Å². The number of hydrogen-bond donors (Lipinski definition) is 2. The molecule has 0 atom stereocenters. The highest BCUT2D eigenvalue weighted by molar-refractivity contribution is 5.97. The Balaban J connectivity index is 2.04.